The molecule has 1 unspecified atom stereocenters. The third kappa shape index (κ3) is 4.12. The molecule has 2 rings (SSSR count). The molecule has 1 atom stereocenters. The van der Waals surface area contributed by atoms with E-state index in [2.05, 4.69) is 12.2 Å². The summed E-state index contributed by atoms with van der Waals surface area (Å²) < 4.78 is 0.274. The van der Waals surface area contributed by atoms with E-state index in [-0.39, 0.29) is 16.6 Å². The topological polar surface area (TPSA) is 69.6 Å². The van der Waals surface area contributed by atoms with Crippen molar-refractivity contribution in [2.75, 3.05) is 31.9 Å². The van der Waals surface area contributed by atoms with Crippen molar-refractivity contribution >= 4 is 23.6 Å². The van der Waals surface area contributed by atoms with Gasteiger partial charge in [-0.2, -0.15) is 11.8 Å². The molecule has 0 aromatic heterocycles. The van der Waals surface area contributed by atoms with Crippen LogP contribution in [0.2, 0.25) is 0 Å². The lowest BCUT2D eigenvalue weighted by Gasteiger charge is -2.31. The highest BCUT2D eigenvalue weighted by atomic mass is 32.2. The summed E-state index contributed by atoms with van der Waals surface area (Å²) in [4.78, 5) is 24.7. The van der Waals surface area contributed by atoms with E-state index in [1.807, 2.05) is 11.8 Å². The summed E-state index contributed by atoms with van der Waals surface area (Å²) in [7, 11) is 0. The fourth-order valence-electron chi connectivity index (χ4n) is 2.90. The molecule has 6 heteroatoms. The minimum Gasteiger partial charge on any atom is -0.481 e. The van der Waals surface area contributed by atoms with E-state index in [0.717, 1.165) is 6.54 Å². The molecule has 0 saturated carbocycles. The van der Waals surface area contributed by atoms with Crippen molar-refractivity contribution in [3.05, 3.63) is 0 Å². The van der Waals surface area contributed by atoms with E-state index in [4.69, 9.17) is 5.11 Å². The van der Waals surface area contributed by atoms with Crippen LogP contribution in [0, 0.1) is 5.92 Å². The third-order valence-electron chi connectivity index (χ3n) is 4.27. The zero-order valence-electron chi connectivity index (χ0n) is 12.1. The maximum Gasteiger partial charge on any atom is 0.306 e. The molecule has 2 N–H and O–H groups in total. The van der Waals surface area contributed by atoms with Gasteiger partial charge in [0.1, 0.15) is 0 Å². The first-order valence-electron chi connectivity index (χ1n) is 7.35. The number of nitrogens with zero attached hydrogens (tertiary/aromatic N) is 1. The van der Waals surface area contributed by atoms with E-state index in [9.17, 15) is 9.59 Å². The predicted octanol–water partition coefficient (Wildman–Crippen LogP) is 1.18. The van der Waals surface area contributed by atoms with Gasteiger partial charge in [-0.1, -0.05) is 0 Å². The quantitative estimate of drug-likeness (QED) is 0.798. The molecule has 20 heavy (non-hydrogen) atoms. The standard InChI is InChI=1S/C14H24N2O3S/c1-14(5-2-8-20-14)10-15-9-12(17)16-6-3-11(4-7-16)13(18)19/h11,15H,2-10H2,1H3,(H,18,19). The Balaban J connectivity index is 1.67. The van der Waals surface area contributed by atoms with Crippen LogP contribution >= 0.6 is 11.8 Å². The molecule has 2 heterocycles. The number of carboxylic acid groups (broad SMARTS) is 1. The first-order chi connectivity index (χ1) is 9.50. The second-order valence-corrected chi connectivity index (χ2v) is 7.68. The Hall–Kier alpha value is -0.750. The molecule has 0 aromatic carbocycles. The maximum atomic E-state index is 12.1. The normalized spacial score (nSPS) is 27.8. The zero-order valence-corrected chi connectivity index (χ0v) is 12.9. The Morgan fingerprint density at radius 3 is 2.65 bits per heavy atom. The first-order valence-corrected chi connectivity index (χ1v) is 8.34. The average molecular weight is 300 g/mol. The van der Waals surface area contributed by atoms with E-state index in [0.29, 0.717) is 32.5 Å². The molecule has 0 bridgehead atoms. The van der Waals surface area contributed by atoms with Crippen molar-refractivity contribution < 1.29 is 14.7 Å². The Bertz CT molecular complexity index is 361. The number of hydrogen-bond acceptors (Lipinski definition) is 4. The van der Waals surface area contributed by atoms with Crippen LogP contribution in [0.5, 0.6) is 0 Å². The van der Waals surface area contributed by atoms with Crippen LogP contribution in [0.15, 0.2) is 0 Å². The highest BCUT2D eigenvalue weighted by molar-refractivity contribution is 8.00. The highest BCUT2D eigenvalue weighted by Crippen LogP contribution is 2.36. The van der Waals surface area contributed by atoms with Crippen molar-refractivity contribution in [3.63, 3.8) is 0 Å². The Morgan fingerprint density at radius 1 is 1.40 bits per heavy atom. The molecule has 2 aliphatic rings. The Kier molecular flexibility index (Phi) is 5.32. The van der Waals surface area contributed by atoms with Crippen LogP contribution in [0.3, 0.4) is 0 Å². The maximum absolute atomic E-state index is 12.1. The number of carbonyl (C=O) groups is 2. The molecule has 5 nitrogen and oxygen atoms in total. The number of likely N-dealkylation sites (tertiary alicyclic amines) is 1. The number of aliphatic carboxylic acids is 1. The van der Waals surface area contributed by atoms with Crippen molar-refractivity contribution in [1.82, 2.24) is 10.2 Å². The second-order valence-electron chi connectivity index (χ2n) is 6.00. The number of carboxylic acids is 1. The summed E-state index contributed by atoms with van der Waals surface area (Å²) in [5.41, 5.74) is 0. The molecule has 1 amide bonds. The van der Waals surface area contributed by atoms with Crippen LogP contribution in [0.25, 0.3) is 0 Å². The van der Waals surface area contributed by atoms with Crippen molar-refractivity contribution in [2.24, 2.45) is 5.92 Å². The van der Waals surface area contributed by atoms with E-state index in [1.165, 1.54) is 18.6 Å². The van der Waals surface area contributed by atoms with Gasteiger partial charge in [-0.05, 0) is 38.4 Å². The Morgan fingerprint density at radius 2 is 2.10 bits per heavy atom. The van der Waals surface area contributed by atoms with Gasteiger partial charge in [-0.25, -0.2) is 0 Å². The monoisotopic (exact) mass is 300 g/mol. The van der Waals surface area contributed by atoms with Gasteiger partial charge in [0, 0.05) is 24.4 Å². The van der Waals surface area contributed by atoms with Crippen LogP contribution in [0.1, 0.15) is 32.6 Å². The van der Waals surface area contributed by atoms with Crippen molar-refractivity contribution in [1.29, 1.82) is 0 Å². The first kappa shape index (κ1) is 15.6. The van der Waals surface area contributed by atoms with E-state index < -0.39 is 5.97 Å². The summed E-state index contributed by atoms with van der Waals surface area (Å²) in [6, 6.07) is 0. The average Bonchev–Trinajstić information content (AvgIpc) is 2.85. The molecular formula is C14H24N2O3S. The van der Waals surface area contributed by atoms with Gasteiger partial charge in [0.05, 0.1) is 12.5 Å². The minimum absolute atomic E-state index is 0.0976. The number of carbonyl (C=O) groups excluding carboxylic acids is 1. The molecule has 2 fully saturated rings. The molecule has 2 saturated heterocycles. The summed E-state index contributed by atoms with van der Waals surface area (Å²) in [6.07, 6.45) is 3.63. The number of rotatable bonds is 5. The second kappa shape index (κ2) is 6.80. The van der Waals surface area contributed by atoms with Gasteiger partial charge in [0.2, 0.25) is 5.91 Å². The lowest BCUT2D eigenvalue weighted by atomic mass is 9.97. The molecular weight excluding hydrogens is 276 g/mol. The molecule has 0 aliphatic carbocycles. The molecule has 0 aromatic rings. The van der Waals surface area contributed by atoms with E-state index >= 15 is 0 Å². The summed E-state index contributed by atoms with van der Waals surface area (Å²) in [5.74, 6) is 0.303. The third-order valence-corrected chi connectivity index (χ3v) is 5.81. The van der Waals surface area contributed by atoms with Crippen LogP contribution in [0.4, 0.5) is 0 Å². The Labute approximate surface area is 124 Å². The SMILES string of the molecule is CC1(CNCC(=O)N2CCC(C(=O)O)CC2)CCCS1. The van der Waals surface area contributed by atoms with Crippen molar-refractivity contribution in [3.8, 4) is 0 Å². The number of hydrogen-bond donors (Lipinski definition) is 2. The molecule has 0 spiro atoms. The molecule has 0 radical (unpaired) electrons. The largest absolute Gasteiger partial charge is 0.481 e. The van der Waals surface area contributed by atoms with Gasteiger partial charge in [-0.3, -0.25) is 9.59 Å². The van der Waals surface area contributed by atoms with Crippen LogP contribution < -0.4 is 5.32 Å². The summed E-state index contributed by atoms with van der Waals surface area (Å²) in [6.45, 7) is 4.64. The van der Waals surface area contributed by atoms with Gasteiger partial charge >= 0.3 is 5.97 Å². The fraction of sp³-hybridized carbons (Fsp3) is 0.857. The zero-order chi connectivity index (χ0) is 14.6. The summed E-state index contributed by atoms with van der Waals surface area (Å²) >= 11 is 1.98. The van der Waals surface area contributed by atoms with Crippen molar-refractivity contribution in [2.45, 2.75) is 37.4 Å². The number of nitrogens with one attached hydrogen (secondary N) is 1. The minimum atomic E-state index is -0.735. The number of thioether (sulfide) groups is 1. The van der Waals surface area contributed by atoms with Gasteiger partial charge in [0.25, 0.3) is 0 Å². The fourth-order valence-corrected chi connectivity index (χ4v) is 4.17. The van der Waals surface area contributed by atoms with Gasteiger partial charge in [-0.15, -0.1) is 0 Å². The number of piperidine rings is 1. The van der Waals surface area contributed by atoms with Crippen LogP contribution in [-0.4, -0.2) is 58.6 Å². The lowest BCUT2D eigenvalue weighted by molar-refractivity contribution is -0.145. The summed E-state index contributed by atoms with van der Waals surface area (Å²) in [5, 5.41) is 12.2. The van der Waals surface area contributed by atoms with E-state index in [1.54, 1.807) is 4.90 Å². The van der Waals surface area contributed by atoms with Crippen LogP contribution in [-0.2, 0) is 9.59 Å². The molecule has 114 valence electrons. The highest BCUT2D eigenvalue weighted by Gasteiger charge is 2.30. The van der Waals surface area contributed by atoms with Gasteiger partial charge in [0.15, 0.2) is 0 Å². The molecule has 2 aliphatic heterocycles. The van der Waals surface area contributed by atoms with Gasteiger partial charge < -0.3 is 15.3 Å². The smallest absolute Gasteiger partial charge is 0.306 e. The predicted molar refractivity (Wildman–Crippen MR) is 79.9 cm³/mol. The number of amides is 1. The lowest BCUT2D eigenvalue weighted by Crippen LogP contribution is -2.45.